The molecular weight excluding hydrogens is 469 g/mol. The van der Waals surface area contributed by atoms with Gasteiger partial charge in [-0.1, -0.05) is 6.92 Å². The lowest BCUT2D eigenvalue weighted by Crippen LogP contribution is -2.47. The van der Waals surface area contributed by atoms with E-state index in [0.717, 1.165) is 30.9 Å². The molecule has 4 rings (SSSR count). The Hall–Kier alpha value is -3.40. The first-order chi connectivity index (χ1) is 17.3. The summed E-state index contributed by atoms with van der Waals surface area (Å²) in [6.45, 7) is 10.1. The third kappa shape index (κ3) is 6.63. The maximum Gasteiger partial charge on any atom is 0.220 e. The van der Waals surface area contributed by atoms with Crippen molar-refractivity contribution in [3.05, 3.63) is 59.7 Å². The van der Waals surface area contributed by atoms with Gasteiger partial charge in [0.1, 0.15) is 12.0 Å². The molecule has 1 amide bonds. The van der Waals surface area contributed by atoms with Gasteiger partial charge in [-0.15, -0.1) is 0 Å². The number of aromatic nitrogens is 3. The number of carbonyl (C=O) groups is 1. The molecule has 194 valence electrons. The average Bonchev–Trinajstić information content (AvgIpc) is 3.34. The molecule has 1 aliphatic heterocycles. The second kappa shape index (κ2) is 12.5. The minimum Gasteiger partial charge on any atom is -0.378 e. The Kier molecular flexibility index (Phi) is 9.46. The largest absolute Gasteiger partial charge is 0.378 e. The number of likely N-dealkylation sites (tertiary alicyclic amines) is 1. The molecule has 2 unspecified atom stereocenters. The molecule has 1 aromatic carbocycles. The summed E-state index contributed by atoms with van der Waals surface area (Å²) in [5.74, 6) is -0.909. The number of amides is 1. The summed E-state index contributed by atoms with van der Waals surface area (Å²) in [5, 5.41) is 9.93. The quantitative estimate of drug-likeness (QED) is 0.370. The Labute approximate surface area is 209 Å². The molecule has 0 aliphatic carbocycles. The predicted molar refractivity (Wildman–Crippen MR) is 135 cm³/mol. The second-order valence-electron chi connectivity index (χ2n) is 8.75. The topological polar surface area (TPSA) is 75.1 Å². The van der Waals surface area contributed by atoms with E-state index in [1.54, 1.807) is 43.1 Å². The minimum atomic E-state index is -1.00. The molecule has 36 heavy (non-hydrogen) atoms. The van der Waals surface area contributed by atoms with Crippen LogP contribution in [0.1, 0.15) is 31.4 Å². The summed E-state index contributed by atoms with van der Waals surface area (Å²) >= 11 is 0. The first kappa shape index (κ1) is 27.2. The maximum absolute atomic E-state index is 14.5. The first-order valence-corrected chi connectivity index (χ1v) is 12.0. The number of aryl methyl sites for hydroxylation is 2. The molecule has 10 heteroatoms. The number of halogens is 3. The van der Waals surface area contributed by atoms with Crippen molar-refractivity contribution in [2.75, 3.05) is 31.5 Å². The van der Waals surface area contributed by atoms with Gasteiger partial charge in [0.2, 0.25) is 12.4 Å². The Morgan fingerprint density at radius 2 is 1.92 bits per heavy atom. The number of piperidine rings is 1. The molecule has 3 aromatic rings. The molecule has 1 fully saturated rings. The van der Waals surface area contributed by atoms with Crippen LogP contribution in [0.3, 0.4) is 0 Å². The third-order valence-electron chi connectivity index (χ3n) is 6.17. The highest BCUT2D eigenvalue weighted by Gasteiger charge is 2.28. The summed E-state index contributed by atoms with van der Waals surface area (Å²) in [7, 11) is 0. The van der Waals surface area contributed by atoms with E-state index in [1.807, 2.05) is 13.8 Å². The second-order valence-corrected chi connectivity index (χ2v) is 8.75. The molecule has 1 saturated heterocycles. The SMILES string of the molecule is CCN1CCC(Nc2cnc(F)c(-c3cnn(-c4cc(C)c(F)cc4C)c3)c2)C(F)C1.CCNC=O. The van der Waals surface area contributed by atoms with Crippen LogP contribution in [0.25, 0.3) is 16.8 Å². The summed E-state index contributed by atoms with van der Waals surface area (Å²) in [5.41, 5.74) is 3.32. The molecule has 0 radical (unpaired) electrons. The van der Waals surface area contributed by atoms with Crippen LogP contribution in [0.2, 0.25) is 0 Å². The number of alkyl halides is 1. The number of nitrogens with one attached hydrogen (secondary N) is 2. The van der Waals surface area contributed by atoms with Crippen molar-refractivity contribution in [3.8, 4) is 16.8 Å². The van der Waals surface area contributed by atoms with Crippen molar-refractivity contribution in [1.29, 1.82) is 0 Å². The van der Waals surface area contributed by atoms with E-state index in [9.17, 15) is 18.0 Å². The molecule has 0 spiro atoms. The van der Waals surface area contributed by atoms with Crippen molar-refractivity contribution in [2.24, 2.45) is 0 Å². The van der Waals surface area contributed by atoms with E-state index >= 15 is 0 Å². The van der Waals surface area contributed by atoms with Gasteiger partial charge >= 0.3 is 0 Å². The molecule has 1 aliphatic rings. The van der Waals surface area contributed by atoms with Gasteiger partial charge in [0.25, 0.3) is 0 Å². The predicted octanol–water partition coefficient (Wildman–Crippen LogP) is 4.43. The Bertz CT molecular complexity index is 1170. The van der Waals surface area contributed by atoms with E-state index in [4.69, 9.17) is 0 Å². The van der Waals surface area contributed by atoms with E-state index in [0.29, 0.717) is 36.2 Å². The molecular formula is C26H33F3N6O. The van der Waals surface area contributed by atoms with Crippen LogP contribution in [-0.2, 0) is 4.79 Å². The van der Waals surface area contributed by atoms with Gasteiger partial charge in [0.15, 0.2) is 0 Å². The van der Waals surface area contributed by atoms with Crippen LogP contribution in [0, 0.1) is 25.6 Å². The minimum absolute atomic E-state index is 0.272. The van der Waals surface area contributed by atoms with Gasteiger partial charge in [-0.05, 0) is 63.1 Å². The van der Waals surface area contributed by atoms with E-state index in [1.165, 1.54) is 12.3 Å². The van der Waals surface area contributed by atoms with Crippen molar-refractivity contribution < 1.29 is 18.0 Å². The molecule has 0 saturated carbocycles. The van der Waals surface area contributed by atoms with Gasteiger partial charge in [0.05, 0.1) is 29.8 Å². The summed E-state index contributed by atoms with van der Waals surface area (Å²) < 4.78 is 44.4. The fraction of sp³-hybridized carbons (Fsp3) is 0.423. The van der Waals surface area contributed by atoms with E-state index in [2.05, 4.69) is 25.6 Å². The Morgan fingerprint density at radius 1 is 1.14 bits per heavy atom. The summed E-state index contributed by atoms with van der Waals surface area (Å²) in [4.78, 5) is 15.2. The smallest absolute Gasteiger partial charge is 0.220 e. The monoisotopic (exact) mass is 502 g/mol. The lowest BCUT2D eigenvalue weighted by atomic mass is 10.0. The lowest BCUT2D eigenvalue weighted by Gasteiger charge is -2.34. The lowest BCUT2D eigenvalue weighted by molar-refractivity contribution is -0.109. The van der Waals surface area contributed by atoms with E-state index < -0.39 is 12.1 Å². The third-order valence-corrected chi connectivity index (χ3v) is 6.17. The van der Waals surface area contributed by atoms with Gasteiger partial charge < -0.3 is 15.5 Å². The fourth-order valence-electron chi connectivity index (χ4n) is 4.05. The fourth-order valence-corrected chi connectivity index (χ4v) is 4.05. The number of hydrogen-bond acceptors (Lipinski definition) is 5. The van der Waals surface area contributed by atoms with Crippen LogP contribution in [0.15, 0.2) is 36.8 Å². The number of rotatable bonds is 7. The molecule has 2 N–H and O–H groups in total. The number of anilines is 1. The van der Waals surface area contributed by atoms with Gasteiger partial charge in [-0.25, -0.2) is 18.4 Å². The number of benzene rings is 1. The van der Waals surface area contributed by atoms with E-state index in [-0.39, 0.29) is 17.4 Å². The van der Waals surface area contributed by atoms with Gasteiger partial charge in [0, 0.05) is 37.0 Å². The van der Waals surface area contributed by atoms with Crippen molar-refractivity contribution in [1.82, 2.24) is 25.0 Å². The number of nitrogens with zero attached hydrogens (tertiary/aromatic N) is 4. The number of carbonyl (C=O) groups excluding carboxylic acids is 1. The van der Waals surface area contributed by atoms with Gasteiger partial charge in [-0.2, -0.15) is 9.49 Å². The standard InChI is InChI=1S/C23H26F3N5.C3H7NO/c1-4-30-6-5-21(20(25)13-30)29-17-9-18(23(26)27-11-17)16-10-28-31(12-16)22-8-14(2)19(24)7-15(22)3;1-2-4-3-5/h7-12,20-21,29H,4-6,13H2,1-3H3;3H,2H2,1H3,(H,4,5). The highest BCUT2D eigenvalue weighted by Crippen LogP contribution is 2.28. The Balaban J connectivity index is 0.000000658. The highest BCUT2D eigenvalue weighted by molar-refractivity contribution is 5.67. The van der Waals surface area contributed by atoms with Crippen molar-refractivity contribution >= 4 is 12.1 Å². The maximum atomic E-state index is 14.5. The zero-order valence-electron chi connectivity index (χ0n) is 21.1. The molecule has 3 heterocycles. The summed E-state index contributed by atoms with van der Waals surface area (Å²) in [6, 6.07) is 4.45. The van der Waals surface area contributed by atoms with Crippen molar-refractivity contribution in [3.63, 3.8) is 0 Å². The average molecular weight is 503 g/mol. The van der Waals surface area contributed by atoms with Crippen LogP contribution < -0.4 is 10.6 Å². The molecule has 2 atom stereocenters. The Morgan fingerprint density at radius 3 is 2.56 bits per heavy atom. The van der Waals surface area contributed by atoms with Crippen LogP contribution >= 0.6 is 0 Å². The van der Waals surface area contributed by atoms with Crippen LogP contribution in [0.5, 0.6) is 0 Å². The molecule has 0 bridgehead atoms. The van der Waals surface area contributed by atoms with Gasteiger partial charge in [-0.3, -0.25) is 4.79 Å². The highest BCUT2D eigenvalue weighted by atomic mass is 19.1. The summed E-state index contributed by atoms with van der Waals surface area (Å²) in [6.07, 6.45) is 4.95. The zero-order valence-corrected chi connectivity index (χ0v) is 21.1. The van der Waals surface area contributed by atoms with Crippen LogP contribution in [-0.4, -0.2) is 64.5 Å². The number of hydrogen-bond donors (Lipinski definition) is 2. The van der Waals surface area contributed by atoms with Crippen molar-refractivity contribution in [2.45, 2.75) is 46.3 Å². The normalized spacial score (nSPS) is 17.8. The first-order valence-electron chi connectivity index (χ1n) is 12.0. The molecule has 7 nitrogen and oxygen atoms in total. The zero-order chi connectivity index (χ0) is 26.2. The molecule has 2 aromatic heterocycles. The van der Waals surface area contributed by atoms with Crippen LogP contribution in [0.4, 0.5) is 18.9 Å². The number of pyridine rings is 1.